The first-order valence-corrected chi connectivity index (χ1v) is 10.3. The second-order valence-electron chi connectivity index (χ2n) is 7.52. The van der Waals surface area contributed by atoms with Crippen LogP contribution in [0, 0.1) is 11.8 Å². The summed E-state index contributed by atoms with van der Waals surface area (Å²) >= 11 is 1.69. The monoisotopic (exact) mass is 378 g/mol. The smallest absolute Gasteiger partial charge is 0.233 e. The predicted octanol–water partition coefficient (Wildman–Crippen LogP) is 0.615. The van der Waals surface area contributed by atoms with Crippen molar-refractivity contribution in [2.24, 2.45) is 11.8 Å². The number of carbonyl (C=O) groups excluding carboxylic acids is 3. The van der Waals surface area contributed by atoms with Crippen LogP contribution in [0.15, 0.2) is 17.5 Å². The molecule has 0 radical (unpaired) electrons. The Hall–Kier alpha value is -1.73. The zero-order chi connectivity index (χ0) is 18.7. The Morgan fingerprint density at radius 3 is 2.46 bits per heavy atom. The SMILES string of the molecule is C[NH+](C)[C@@H](CNC(=O)CCN1C(=O)[C@H]2CCCC[C@@H]2C1=O)c1cccs1. The van der Waals surface area contributed by atoms with Crippen LogP contribution in [0.25, 0.3) is 0 Å². The van der Waals surface area contributed by atoms with Crippen molar-refractivity contribution < 1.29 is 19.3 Å². The molecule has 3 rings (SSSR count). The predicted molar refractivity (Wildman–Crippen MR) is 99.7 cm³/mol. The first-order valence-electron chi connectivity index (χ1n) is 9.44. The molecule has 1 saturated heterocycles. The van der Waals surface area contributed by atoms with Crippen LogP contribution >= 0.6 is 11.3 Å². The number of carbonyl (C=O) groups is 3. The summed E-state index contributed by atoms with van der Waals surface area (Å²) in [6.07, 6.45) is 3.84. The van der Waals surface area contributed by atoms with Gasteiger partial charge in [-0.1, -0.05) is 18.9 Å². The lowest BCUT2D eigenvalue weighted by atomic mass is 9.81. The molecule has 6 nitrogen and oxygen atoms in total. The lowest BCUT2D eigenvalue weighted by molar-refractivity contribution is -0.890. The second kappa shape index (κ2) is 8.31. The third-order valence-corrected chi connectivity index (χ3v) is 6.57. The van der Waals surface area contributed by atoms with E-state index in [1.165, 1.54) is 14.7 Å². The normalized spacial score (nSPS) is 24.0. The molecule has 3 amide bonds. The summed E-state index contributed by atoms with van der Waals surface area (Å²) in [7, 11) is 4.14. The Bertz CT molecular complexity index is 635. The van der Waals surface area contributed by atoms with Gasteiger partial charge in [-0.05, 0) is 24.3 Å². The Balaban J connectivity index is 1.49. The minimum atomic E-state index is -0.139. The van der Waals surface area contributed by atoms with Crippen LogP contribution in [-0.2, 0) is 14.4 Å². The summed E-state index contributed by atoms with van der Waals surface area (Å²) < 4.78 is 0. The molecule has 2 N–H and O–H groups in total. The molecule has 0 unspecified atom stereocenters. The van der Waals surface area contributed by atoms with Crippen LogP contribution in [0.1, 0.15) is 43.0 Å². The highest BCUT2D eigenvalue weighted by molar-refractivity contribution is 7.10. The maximum absolute atomic E-state index is 12.4. The maximum atomic E-state index is 12.4. The number of likely N-dealkylation sites (tertiary alicyclic amines) is 1. The van der Waals surface area contributed by atoms with Gasteiger partial charge in [0.25, 0.3) is 0 Å². The Morgan fingerprint density at radius 1 is 1.27 bits per heavy atom. The van der Waals surface area contributed by atoms with Crippen molar-refractivity contribution in [1.82, 2.24) is 10.2 Å². The lowest BCUT2D eigenvalue weighted by Crippen LogP contribution is -3.06. The number of amides is 3. The average molecular weight is 379 g/mol. The molecule has 1 aliphatic carbocycles. The molecule has 142 valence electrons. The number of imide groups is 1. The van der Waals surface area contributed by atoms with Crippen molar-refractivity contribution >= 4 is 29.1 Å². The third-order valence-electron chi connectivity index (χ3n) is 5.58. The highest BCUT2D eigenvalue weighted by atomic mass is 32.1. The highest BCUT2D eigenvalue weighted by Gasteiger charge is 2.47. The van der Waals surface area contributed by atoms with Crippen molar-refractivity contribution in [2.45, 2.75) is 38.1 Å². The summed E-state index contributed by atoms with van der Waals surface area (Å²) in [4.78, 5) is 41.0. The van der Waals surface area contributed by atoms with Crippen LogP contribution in [-0.4, -0.2) is 49.8 Å². The molecule has 2 heterocycles. The molecule has 1 aliphatic heterocycles. The molecule has 0 bridgehead atoms. The van der Waals surface area contributed by atoms with E-state index in [4.69, 9.17) is 0 Å². The fourth-order valence-electron chi connectivity index (χ4n) is 4.05. The van der Waals surface area contributed by atoms with E-state index in [9.17, 15) is 14.4 Å². The fourth-order valence-corrected chi connectivity index (χ4v) is 5.00. The Kier molecular flexibility index (Phi) is 6.09. The van der Waals surface area contributed by atoms with Gasteiger partial charge in [-0.25, -0.2) is 0 Å². The van der Waals surface area contributed by atoms with Crippen molar-refractivity contribution in [2.75, 3.05) is 27.2 Å². The quantitative estimate of drug-likeness (QED) is 0.683. The number of thiophene rings is 1. The van der Waals surface area contributed by atoms with Crippen LogP contribution in [0.2, 0.25) is 0 Å². The van der Waals surface area contributed by atoms with Crippen LogP contribution < -0.4 is 10.2 Å². The molecule has 1 aromatic heterocycles. The van der Waals surface area contributed by atoms with E-state index in [0.29, 0.717) is 6.54 Å². The first-order chi connectivity index (χ1) is 12.5. The Labute approximate surface area is 158 Å². The molecule has 26 heavy (non-hydrogen) atoms. The number of rotatable bonds is 7. The molecular formula is C19H28N3O3S+. The highest BCUT2D eigenvalue weighted by Crippen LogP contribution is 2.37. The number of likely N-dealkylation sites (N-methyl/N-ethyl adjacent to an activating group) is 1. The average Bonchev–Trinajstić information content (AvgIpc) is 3.22. The zero-order valence-electron chi connectivity index (χ0n) is 15.5. The van der Waals surface area contributed by atoms with E-state index in [2.05, 4.69) is 25.5 Å². The van der Waals surface area contributed by atoms with Gasteiger partial charge in [-0.15, -0.1) is 11.3 Å². The molecule has 2 aliphatic rings. The molecule has 0 spiro atoms. The van der Waals surface area contributed by atoms with Crippen molar-refractivity contribution in [3.8, 4) is 0 Å². The number of nitrogens with one attached hydrogen (secondary N) is 2. The number of hydrogen-bond acceptors (Lipinski definition) is 4. The summed E-state index contributed by atoms with van der Waals surface area (Å²) in [6, 6.07) is 4.30. The van der Waals surface area contributed by atoms with Gasteiger partial charge < -0.3 is 10.2 Å². The molecule has 2 fully saturated rings. The van der Waals surface area contributed by atoms with Crippen LogP contribution in [0.5, 0.6) is 0 Å². The molecular weight excluding hydrogens is 350 g/mol. The van der Waals surface area contributed by atoms with E-state index in [1.54, 1.807) is 11.3 Å². The topological polar surface area (TPSA) is 70.9 Å². The molecule has 0 aromatic carbocycles. The van der Waals surface area contributed by atoms with E-state index < -0.39 is 0 Å². The van der Waals surface area contributed by atoms with E-state index >= 15 is 0 Å². The van der Waals surface area contributed by atoms with Gasteiger partial charge in [0.05, 0.1) is 37.4 Å². The van der Waals surface area contributed by atoms with Gasteiger partial charge in [0.1, 0.15) is 6.04 Å². The van der Waals surface area contributed by atoms with Crippen molar-refractivity contribution in [3.63, 3.8) is 0 Å². The largest absolute Gasteiger partial charge is 0.350 e. The number of quaternary nitrogens is 1. The van der Waals surface area contributed by atoms with E-state index in [1.807, 2.05) is 11.4 Å². The molecule has 7 heteroatoms. The molecule has 1 aromatic rings. The van der Waals surface area contributed by atoms with Crippen LogP contribution in [0.4, 0.5) is 0 Å². The lowest BCUT2D eigenvalue weighted by Gasteiger charge is -2.21. The second-order valence-corrected chi connectivity index (χ2v) is 8.50. The summed E-state index contributed by atoms with van der Waals surface area (Å²) in [5.74, 6) is -0.522. The Morgan fingerprint density at radius 2 is 1.92 bits per heavy atom. The van der Waals surface area contributed by atoms with Crippen molar-refractivity contribution in [3.05, 3.63) is 22.4 Å². The van der Waals surface area contributed by atoms with Crippen LogP contribution in [0.3, 0.4) is 0 Å². The minimum Gasteiger partial charge on any atom is -0.350 e. The number of fused-ring (bicyclic) bond motifs is 1. The maximum Gasteiger partial charge on any atom is 0.233 e. The van der Waals surface area contributed by atoms with Gasteiger partial charge in [-0.2, -0.15) is 0 Å². The zero-order valence-corrected chi connectivity index (χ0v) is 16.3. The first kappa shape index (κ1) is 19.0. The third kappa shape index (κ3) is 3.99. The van der Waals surface area contributed by atoms with Gasteiger partial charge in [0.15, 0.2) is 0 Å². The van der Waals surface area contributed by atoms with Gasteiger partial charge >= 0.3 is 0 Å². The van der Waals surface area contributed by atoms with E-state index in [-0.39, 0.29) is 48.6 Å². The molecule has 1 saturated carbocycles. The fraction of sp³-hybridized carbons (Fsp3) is 0.632. The van der Waals surface area contributed by atoms with E-state index in [0.717, 1.165) is 25.7 Å². The summed E-state index contributed by atoms with van der Waals surface area (Å²) in [5, 5.41) is 5.01. The van der Waals surface area contributed by atoms with Gasteiger partial charge in [0.2, 0.25) is 17.7 Å². The summed E-state index contributed by atoms with van der Waals surface area (Å²) in [5.41, 5.74) is 0. The number of nitrogens with zero attached hydrogens (tertiary/aromatic N) is 1. The number of hydrogen-bond donors (Lipinski definition) is 2. The minimum absolute atomic E-state index is 0.0679. The van der Waals surface area contributed by atoms with Crippen molar-refractivity contribution in [1.29, 1.82) is 0 Å². The van der Waals surface area contributed by atoms with Gasteiger partial charge in [0, 0.05) is 13.0 Å². The summed E-state index contributed by atoms with van der Waals surface area (Å²) in [6.45, 7) is 0.754. The van der Waals surface area contributed by atoms with Gasteiger partial charge in [-0.3, -0.25) is 19.3 Å². The standard InChI is InChI=1S/C19H27N3O3S/c1-21(2)15(16-8-5-11-26-16)12-20-17(23)9-10-22-18(24)13-6-3-4-7-14(13)19(22)25/h5,8,11,13-15H,3-4,6-7,9-10,12H2,1-2H3,(H,20,23)/p+1/t13-,14-,15-/m0/s1. The molecule has 3 atom stereocenters.